The molecule has 0 aliphatic rings. The molecule has 0 aromatic heterocycles. The Morgan fingerprint density at radius 3 is 2.29 bits per heavy atom. The first kappa shape index (κ1) is 21.5. The lowest BCUT2D eigenvalue weighted by Crippen LogP contribution is -2.36. The maximum Gasteiger partial charge on any atom is 0.251 e. The molecule has 0 spiro atoms. The van der Waals surface area contributed by atoms with Crippen LogP contribution >= 0.6 is 0 Å². The Morgan fingerprint density at radius 2 is 1.64 bits per heavy atom. The number of hydrogen-bond acceptors (Lipinski definition) is 5. The number of rotatable bonds is 10. The zero-order chi connectivity index (χ0) is 20.4. The number of methoxy groups -OCH3 is 1. The van der Waals surface area contributed by atoms with Crippen LogP contribution in [-0.4, -0.2) is 47.0 Å². The van der Waals surface area contributed by atoms with E-state index in [1.165, 1.54) is 19.2 Å². The van der Waals surface area contributed by atoms with Gasteiger partial charge in [-0.2, -0.15) is 0 Å². The van der Waals surface area contributed by atoms with Gasteiger partial charge in [-0.1, -0.05) is 30.3 Å². The zero-order valence-corrected chi connectivity index (χ0v) is 16.3. The largest absolute Gasteiger partial charge is 0.383 e. The van der Waals surface area contributed by atoms with Crippen LogP contribution in [0.25, 0.3) is 0 Å². The molecular weight excluding hydrogens is 382 g/mol. The molecule has 0 fully saturated rings. The molecular formula is C19H23N3O5S. The molecule has 0 unspecified atom stereocenters. The van der Waals surface area contributed by atoms with Gasteiger partial charge in [0.1, 0.15) is 0 Å². The summed E-state index contributed by atoms with van der Waals surface area (Å²) in [6.07, 6.45) is 0. The van der Waals surface area contributed by atoms with Crippen molar-refractivity contribution in [2.75, 3.05) is 26.8 Å². The lowest BCUT2D eigenvalue weighted by molar-refractivity contribution is -0.120. The molecule has 0 aliphatic carbocycles. The van der Waals surface area contributed by atoms with Crippen LogP contribution < -0.4 is 15.4 Å². The summed E-state index contributed by atoms with van der Waals surface area (Å²) in [5.41, 5.74) is 1.21. The highest BCUT2D eigenvalue weighted by Crippen LogP contribution is 2.10. The molecule has 8 nitrogen and oxygen atoms in total. The van der Waals surface area contributed by atoms with Crippen LogP contribution in [0.2, 0.25) is 0 Å². The van der Waals surface area contributed by atoms with E-state index in [9.17, 15) is 18.0 Å². The predicted molar refractivity (Wildman–Crippen MR) is 104 cm³/mol. The molecule has 0 saturated carbocycles. The Morgan fingerprint density at radius 1 is 0.964 bits per heavy atom. The normalized spacial score (nSPS) is 11.0. The van der Waals surface area contributed by atoms with Crippen molar-refractivity contribution in [2.24, 2.45) is 0 Å². The van der Waals surface area contributed by atoms with Gasteiger partial charge in [0.05, 0.1) is 18.0 Å². The van der Waals surface area contributed by atoms with Crippen LogP contribution in [0.1, 0.15) is 15.9 Å². The summed E-state index contributed by atoms with van der Waals surface area (Å²) in [5.74, 6) is -0.673. The molecule has 2 aromatic rings. The summed E-state index contributed by atoms with van der Waals surface area (Å²) >= 11 is 0. The smallest absolute Gasteiger partial charge is 0.251 e. The first-order chi connectivity index (χ1) is 13.4. The van der Waals surface area contributed by atoms with Crippen LogP contribution in [-0.2, 0) is 26.1 Å². The number of hydrogen-bond donors (Lipinski definition) is 3. The highest BCUT2D eigenvalue weighted by atomic mass is 32.2. The third kappa shape index (κ3) is 6.76. The highest BCUT2D eigenvalue weighted by Gasteiger charge is 2.13. The molecule has 0 bridgehead atoms. The monoisotopic (exact) mass is 405 g/mol. The fraction of sp³-hybridized carbons (Fsp3) is 0.263. The topological polar surface area (TPSA) is 114 Å². The summed E-state index contributed by atoms with van der Waals surface area (Å²) in [4.78, 5) is 23.9. The molecule has 150 valence electrons. The van der Waals surface area contributed by atoms with E-state index in [1.54, 1.807) is 42.5 Å². The molecule has 0 saturated heterocycles. The van der Waals surface area contributed by atoms with E-state index >= 15 is 0 Å². The van der Waals surface area contributed by atoms with Gasteiger partial charge < -0.3 is 15.4 Å². The van der Waals surface area contributed by atoms with Gasteiger partial charge in [0.15, 0.2) is 0 Å². The number of carbonyl (C=O) groups is 2. The molecule has 0 radical (unpaired) electrons. The Kier molecular flexibility index (Phi) is 8.12. The van der Waals surface area contributed by atoms with Crippen LogP contribution in [0, 0.1) is 0 Å². The maximum absolute atomic E-state index is 12.1. The van der Waals surface area contributed by atoms with E-state index in [1.807, 2.05) is 0 Å². The van der Waals surface area contributed by atoms with Gasteiger partial charge in [-0.25, -0.2) is 13.1 Å². The van der Waals surface area contributed by atoms with Crippen molar-refractivity contribution in [2.45, 2.75) is 11.4 Å². The van der Waals surface area contributed by atoms with Gasteiger partial charge in [0.25, 0.3) is 5.91 Å². The van der Waals surface area contributed by atoms with Gasteiger partial charge >= 0.3 is 0 Å². The van der Waals surface area contributed by atoms with Crippen molar-refractivity contribution in [1.29, 1.82) is 0 Å². The van der Waals surface area contributed by atoms with E-state index in [4.69, 9.17) is 4.74 Å². The van der Waals surface area contributed by atoms with Crippen molar-refractivity contribution in [3.05, 3.63) is 65.7 Å². The third-order valence-electron chi connectivity index (χ3n) is 3.77. The van der Waals surface area contributed by atoms with Gasteiger partial charge in [-0.05, 0) is 29.8 Å². The molecule has 3 N–H and O–H groups in total. The van der Waals surface area contributed by atoms with E-state index in [-0.39, 0.29) is 43.0 Å². The standard InChI is InChI=1S/C19H23N3O5S/c1-27-12-11-22-28(25,26)17-9-7-15(8-10-17)13-20-18(23)14-21-19(24)16-5-3-2-4-6-16/h2-10,22H,11-14H2,1H3,(H,20,23)(H,21,24). The lowest BCUT2D eigenvalue weighted by atomic mass is 10.2. The minimum absolute atomic E-state index is 0.133. The minimum Gasteiger partial charge on any atom is -0.383 e. The van der Waals surface area contributed by atoms with E-state index in [2.05, 4.69) is 15.4 Å². The lowest BCUT2D eigenvalue weighted by Gasteiger charge is -2.09. The van der Waals surface area contributed by atoms with Crippen LogP contribution in [0.5, 0.6) is 0 Å². The maximum atomic E-state index is 12.1. The van der Waals surface area contributed by atoms with Gasteiger partial charge in [0.2, 0.25) is 15.9 Å². The zero-order valence-electron chi connectivity index (χ0n) is 15.5. The van der Waals surface area contributed by atoms with Gasteiger partial charge in [-0.15, -0.1) is 0 Å². The van der Waals surface area contributed by atoms with Crippen molar-refractivity contribution in [1.82, 2.24) is 15.4 Å². The van der Waals surface area contributed by atoms with Crippen LogP contribution in [0.15, 0.2) is 59.5 Å². The number of sulfonamides is 1. The quantitative estimate of drug-likeness (QED) is 0.503. The first-order valence-corrected chi connectivity index (χ1v) is 10.1. The Bertz CT molecular complexity index is 884. The molecule has 2 aromatic carbocycles. The first-order valence-electron chi connectivity index (χ1n) is 8.60. The van der Waals surface area contributed by atoms with E-state index in [0.717, 1.165) is 5.56 Å². The average Bonchev–Trinajstić information content (AvgIpc) is 2.71. The van der Waals surface area contributed by atoms with Gasteiger partial charge in [0, 0.05) is 25.8 Å². The second-order valence-corrected chi connectivity index (χ2v) is 7.63. The summed E-state index contributed by atoms with van der Waals surface area (Å²) < 4.78 is 31.4. The number of benzene rings is 2. The Hall–Kier alpha value is -2.75. The second kappa shape index (κ2) is 10.5. The SMILES string of the molecule is COCCNS(=O)(=O)c1ccc(CNC(=O)CNC(=O)c2ccccc2)cc1. The average molecular weight is 405 g/mol. The molecule has 2 amide bonds. The summed E-state index contributed by atoms with van der Waals surface area (Å²) in [5, 5.41) is 5.21. The Labute approximate surface area is 164 Å². The fourth-order valence-electron chi connectivity index (χ4n) is 2.26. The number of nitrogens with one attached hydrogen (secondary N) is 3. The predicted octanol–water partition coefficient (Wildman–Crippen LogP) is 0.658. The van der Waals surface area contributed by atoms with E-state index in [0.29, 0.717) is 5.56 Å². The van der Waals surface area contributed by atoms with E-state index < -0.39 is 10.0 Å². The minimum atomic E-state index is -3.59. The number of carbonyl (C=O) groups excluding carboxylic acids is 2. The molecule has 0 aliphatic heterocycles. The van der Waals surface area contributed by atoms with Crippen molar-refractivity contribution in [3.8, 4) is 0 Å². The van der Waals surface area contributed by atoms with Crippen LogP contribution in [0.3, 0.4) is 0 Å². The molecule has 0 heterocycles. The summed E-state index contributed by atoms with van der Waals surface area (Å²) in [6, 6.07) is 14.8. The number of ether oxygens (including phenoxy) is 1. The Balaban J connectivity index is 1.79. The molecule has 9 heteroatoms. The summed E-state index contributed by atoms with van der Waals surface area (Å²) in [7, 11) is -2.10. The highest BCUT2D eigenvalue weighted by molar-refractivity contribution is 7.89. The molecule has 2 rings (SSSR count). The summed E-state index contributed by atoms with van der Waals surface area (Å²) in [6.45, 7) is 0.538. The fourth-order valence-corrected chi connectivity index (χ4v) is 3.28. The van der Waals surface area contributed by atoms with Crippen LogP contribution in [0.4, 0.5) is 0 Å². The van der Waals surface area contributed by atoms with Gasteiger partial charge in [-0.3, -0.25) is 9.59 Å². The number of amides is 2. The van der Waals surface area contributed by atoms with Crippen molar-refractivity contribution < 1.29 is 22.7 Å². The van der Waals surface area contributed by atoms with Crippen molar-refractivity contribution in [3.63, 3.8) is 0 Å². The molecule has 28 heavy (non-hydrogen) atoms. The second-order valence-electron chi connectivity index (χ2n) is 5.86. The van der Waals surface area contributed by atoms with Crippen molar-refractivity contribution >= 4 is 21.8 Å². The third-order valence-corrected chi connectivity index (χ3v) is 5.24. The molecule has 0 atom stereocenters.